The van der Waals surface area contributed by atoms with E-state index in [2.05, 4.69) is 20.3 Å². The fraction of sp³-hybridized carbons (Fsp3) is 0.393. The second-order valence-electron chi connectivity index (χ2n) is 10.5. The first-order valence-electron chi connectivity index (χ1n) is 13.5. The van der Waals surface area contributed by atoms with Crippen molar-refractivity contribution in [2.45, 2.75) is 43.4 Å². The van der Waals surface area contributed by atoms with Gasteiger partial charge in [0.05, 0.1) is 16.1 Å². The number of likely N-dealkylation sites (tertiary alicyclic amines) is 1. The number of hydrogen-bond acceptors (Lipinski definition) is 6. The van der Waals surface area contributed by atoms with Gasteiger partial charge < -0.3 is 15.5 Å². The van der Waals surface area contributed by atoms with Gasteiger partial charge in [0, 0.05) is 49.8 Å². The number of carbonyl (C=O) groups is 2. The lowest BCUT2D eigenvalue weighted by atomic mass is 10.00. The number of carbonyl (C=O) groups excluding carboxylic acids is 2. The Morgan fingerprint density at radius 1 is 1.07 bits per heavy atom. The van der Waals surface area contributed by atoms with Gasteiger partial charge in [-0.15, -0.1) is 0 Å². The van der Waals surface area contributed by atoms with Crippen LogP contribution in [0.15, 0.2) is 53.4 Å². The van der Waals surface area contributed by atoms with Crippen LogP contribution in [0.25, 0.3) is 10.9 Å². The van der Waals surface area contributed by atoms with Crippen molar-refractivity contribution in [1.82, 2.24) is 24.8 Å². The number of para-hydroxylation sites is 1. The summed E-state index contributed by atoms with van der Waals surface area (Å²) in [5.74, 6) is -1.93. The Balaban J connectivity index is 1.12. The van der Waals surface area contributed by atoms with Crippen molar-refractivity contribution in [1.29, 1.82) is 0 Å². The molecule has 2 aliphatic heterocycles. The number of pyridine rings is 1. The largest absolute Gasteiger partial charge is 0.471 e. The number of rotatable bonds is 7. The summed E-state index contributed by atoms with van der Waals surface area (Å²) in [7, 11) is -3.94. The molecule has 1 fully saturated rings. The molecule has 2 aromatic carbocycles. The Labute approximate surface area is 241 Å². The molecular formula is C28H31F3N6O4S. The summed E-state index contributed by atoms with van der Waals surface area (Å²) in [6.07, 6.45) is -4.20. The summed E-state index contributed by atoms with van der Waals surface area (Å²) in [5.41, 5.74) is 3.33. The van der Waals surface area contributed by atoms with Crippen molar-refractivity contribution in [3.05, 3.63) is 65.4 Å². The molecule has 0 aliphatic carbocycles. The van der Waals surface area contributed by atoms with E-state index >= 15 is 0 Å². The molecule has 10 nitrogen and oxygen atoms in total. The predicted octanol–water partition coefficient (Wildman–Crippen LogP) is 3.16. The highest BCUT2D eigenvalue weighted by Crippen LogP contribution is 2.27. The summed E-state index contributed by atoms with van der Waals surface area (Å²) in [6.45, 7) is 3.41. The number of aromatic nitrogens is 1. The Hall–Kier alpha value is -3.75. The molecule has 1 atom stereocenters. The van der Waals surface area contributed by atoms with Gasteiger partial charge in [0.2, 0.25) is 10.0 Å². The van der Waals surface area contributed by atoms with Gasteiger partial charge in [-0.05, 0) is 61.7 Å². The number of nitrogens with one attached hydrogen (secondary N) is 3. The smallest absolute Gasteiger partial charge is 0.337 e. The van der Waals surface area contributed by atoms with Crippen LogP contribution in [0.1, 0.15) is 23.2 Å². The number of sulfonamides is 1. The fourth-order valence-electron chi connectivity index (χ4n) is 5.38. The Kier molecular flexibility index (Phi) is 8.39. The van der Waals surface area contributed by atoms with Crippen molar-refractivity contribution in [2.24, 2.45) is 0 Å². The lowest BCUT2D eigenvalue weighted by Gasteiger charge is -2.29. The van der Waals surface area contributed by atoms with Gasteiger partial charge in [0.25, 0.3) is 0 Å². The Morgan fingerprint density at radius 3 is 2.64 bits per heavy atom. The fourth-order valence-corrected chi connectivity index (χ4v) is 6.69. The average Bonchev–Trinajstić information content (AvgIpc) is 3.37. The van der Waals surface area contributed by atoms with E-state index < -0.39 is 22.1 Å². The van der Waals surface area contributed by atoms with E-state index in [-0.39, 0.29) is 36.5 Å². The normalized spacial score (nSPS) is 17.7. The van der Waals surface area contributed by atoms with Crippen molar-refractivity contribution in [3.63, 3.8) is 0 Å². The van der Waals surface area contributed by atoms with E-state index in [0.717, 1.165) is 22.2 Å². The standard InChI is InChI=1S/C28H31F3N6O4S/c1-18-14-25(23-4-2-3-5-24(23)33-18)34-27(39)32-10-13-36-11-9-21(17-36)35-42(40,41)22-7-6-19-8-12-37(16-20(19)15-22)26(38)28(29,30)31/h2-7,14-15,21,35H,8-13,16-17H2,1H3,(H2,32,33,34,39). The predicted molar refractivity (Wildman–Crippen MR) is 150 cm³/mol. The Bertz CT molecular complexity index is 1610. The molecule has 0 spiro atoms. The zero-order valence-corrected chi connectivity index (χ0v) is 23.7. The number of hydrogen-bond donors (Lipinski definition) is 3. The molecule has 3 amide bonds. The lowest BCUT2D eigenvalue weighted by molar-refractivity contribution is -0.186. The second-order valence-corrected chi connectivity index (χ2v) is 12.2. The van der Waals surface area contributed by atoms with Crippen LogP contribution < -0.4 is 15.4 Å². The molecule has 0 bridgehead atoms. The van der Waals surface area contributed by atoms with Crippen molar-refractivity contribution in [2.75, 3.05) is 38.0 Å². The van der Waals surface area contributed by atoms with Gasteiger partial charge in [-0.2, -0.15) is 13.2 Å². The summed E-state index contributed by atoms with van der Waals surface area (Å²) >= 11 is 0. The first-order chi connectivity index (χ1) is 19.9. The van der Waals surface area contributed by atoms with E-state index in [1.807, 2.05) is 36.1 Å². The van der Waals surface area contributed by atoms with E-state index in [0.29, 0.717) is 48.8 Å². The maximum Gasteiger partial charge on any atom is 0.471 e. The van der Waals surface area contributed by atoms with Gasteiger partial charge in [0.1, 0.15) is 0 Å². The van der Waals surface area contributed by atoms with Crippen LogP contribution in [-0.4, -0.2) is 80.1 Å². The van der Waals surface area contributed by atoms with Gasteiger partial charge >= 0.3 is 18.1 Å². The third-order valence-electron chi connectivity index (χ3n) is 7.43. The third kappa shape index (κ3) is 6.82. The van der Waals surface area contributed by atoms with Crippen molar-refractivity contribution >= 4 is 38.6 Å². The zero-order valence-electron chi connectivity index (χ0n) is 22.9. The van der Waals surface area contributed by atoms with Crippen molar-refractivity contribution in [3.8, 4) is 0 Å². The van der Waals surface area contributed by atoms with Crippen LogP contribution in [0, 0.1) is 6.92 Å². The molecule has 0 saturated carbocycles. The zero-order chi connectivity index (χ0) is 30.1. The number of anilines is 1. The SMILES string of the molecule is Cc1cc(NC(=O)NCCN2CCC(NS(=O)(=O)c3ccc4c(c3)CN(C(=O)C(F)(F)F)CC4)C2)c2ccccc2n1. The highest BCUT2D eigenvalue weighted by atomic mass is 32.2. The molecule has 14 heteroatoms. The summed E-state index contributed by atoms with van der Waals surface area (Å²) < 4.78 is 67.5. The molecule has 3 N–H and O–H groups in total. The van der Waals surface area contributed by atoms with E-state index in [1.165, 1.54) is 12.1 Å². The number of amides is 3. The molecule has 1 aromatic heterocycles. The Morgan fingerprint density at radius 2 is 1.86 bits per heavy atom. The average molecular weight is 605 g/mol. The van der Waals surface area contributed by atoms with E-state index in [4.69, 9.17) is 0 Å². The van der Waals surface area contributed by atoms with E-state index in [1.54, 1.807) is 12.1 Å². The van der Waals surface area contributed by atoms with Crippen LogP contribution in [0.2, 0.25) is 0 Å². The highest BCUT2D eigenvalue weighted by Gasteiger charge is 2.43. The summed E-state index contributed by atoms with van der Waals surface area (Å²) in [6, 6.07) is 13.0. The van der Waals surface area contributed by atoms with Gasteiger partial charge in [-0.25, -0.2) is 17.9 Å². The number of benzene rings is 2. The topological polar surface area (TPSA) is 124 Å². The minimum atomic E-state index is -4.98. The molecule has 42 heavy (non-hydrogen) atoms. The second kappa shape index (κ2) is 11.9. The first-order valence-corrected chi connectivity index (χ1v) is 15.0. The minimum Gasteiger partial charge on any atom is -0.337 e. The van der Waals surface area contributed by atoms with Crippen molar-refractivity contribution < 1.29 is 31.2 Å². The maximum absolute atomic E-state index is 13.1. The van der Waals surface area contributed by atoms with Gasteiger partial charge in [0.15, 0.2) is 0 Å². The quantitative estimate of drug-likeness (QED) is 0.381. The summed E-state index contributed by atoms with van der Waals surface area (Å²) in [5, 5.41) is 6.53. The van der Waals surface area contributed by atoms with E-state index in [9.17, 15) is 31.2 Å². The molecule has 224 valence electrons. The number of urea groups is 1. The van der Waals surface area contributed by atoms with Gasteiger partial charge in [-0.1, -0.05) is 24.3 Å². The van der Waals surface area contributed by atoms with Crippen LogP contribution in [0.3, 0.4) is 0 Å². The molecule has 3 heterocycles. The maximum atomic E-state index is 13.1. The van der Waals surface area contributed by atoms with Crippen LogP contribution in [0.4, 0.5) is 23.7 Å². The number of aryl methyl sites for hydroxylation is 1. The molecule has 1 unspecified atom stereocenters. The monoisotopic (exact) mass is 604 g/mol. The number of fused-ring (bicyclic) bond motifs is 2. The number of alkyl halides is 3. The number of nitrogens with zero attached hydrogens (tertiary/aromatic N) is 3. The summed E-state index contributed by atoms with van der Waals surface area (Å²) in [4.78, 5) is 31.3. The molecule has 2 aliphatic rings. The lowest BCUT2D eigenvalue weighted by Crippen LogP contribution is -2.43. The van der Waals surface area contributed by atoms with Crippen LogP contribution in [0.5, 0.6) is 0 Å². The van der Waals surface area contributed by atoms with Crippen LogP contribution in [-0.2, 0) is 27.8 Å². The molecule has 3 aromatic rings. The third-order valence-corrected chi connectivity index (χ3v) is 8.95. The number of halogens is 3. The molecule has 5 rings (SSSR count). The molecule has 0 radical (unpaired) electrons. The highest BCUT2D eigenvalue weighted by molar-refractivity contribution is 7.89. The molecular weight excluding hydrogens is 573 g/mol. The molecule has 1 saturated heterocycles. The van der Waals surface area contributed by atoms with Crippen LogP contribution >= 0.6 is 0 Å². The minimum absolute atomic E-state index is 0.0572. The first kappa shape index (κ1) is 29.7. The van der Waals surface area contributed by atoms with Gasteiger partial charge in [-0.3, -0.25) is 14.7 Å².